The molecule has 0 spiro atoms. The van der Waals surface area contributed by atoms with E-state index in [1.807, 2.05) is 37.3 Å². The van der Waals surface area contributed by atoms with Crippen molar-refractivity contribution in [3.05, 3.63) is 48.3 Å². The van der Waals surface area contributed by atoms with E-state index in [1.54, 1.807) is 12.4 Å². The van der Waals surface area contributed by atoms with E-state index in [0.29, 0.717) is 17.6 Å². The van der Waals surface area contributed by atoms with Crippen LogP contribution in [0.3, 0.4) is 0 Å². The molecule has 3 N–H and O–H groups in total. The second-order valence-electron chi connectivity index (χ2n) is 4.25. The van der Waals surface area contributed by atoms with E-state index in [4.69, 9.17) is 10.6 Å². The molecule has 2 heterocycles. The highest BCUT2D eigenvalue weighted by Gasteiger charge is 2.08. The molecule has 100 valence electrons. The summed E-state index contributed by atoms with van der Waals surface area (Å²) in [5.41, 5.74) is 4.10. The highest BCUT2D eigenvalue weighted by atomic mass is 16.5. The number of ether oxygens (including phenoxy) is 1. The van der Waals surface area contributed by atoms with Gasteiger partial charge in [-0.05, 0) is 31.2 Å². The smallest absolute Gasteiger partial charge is 0.240 e. The summed E-state index contributed by atoms with van der Waals surface area (Å²) < 4.78 is 5.88. The fourth-order valence-electron chi connectivity index (χ4n) is 1.87. The van der Waals surface area contributed by atoms with Crippen LogP contribution in [0.15, 0.2) is 42.7 Å². The summed E-state index contributed by atoms with van der Waals surface area (Å²) >= 11 is 0. The Balaban J connectivity index is 2.05. The molecule has 0 atom stereocenters. The summed E-state index contributed by atoms with van der Waals surface area (Å²) in [7, 11) is 0. The summed E-state index contributed by atoms with van der Waals surface area (Å²) in [5.74, 6) is 6.78. The molecule has 0 radical (unpaired) electrons. The molecular weight excluding hydrogens is 254 g/mol. The lowest BCUT2D eigenvalue weighted by molar-refractivity contribution is 0.463. The SMILES string of the molecule is Cc1cnc(NN)nc1Oc1cccc2ncccc12. The summed E-state index contributed by atoms with van der Waals surface area (Å²) in [6.07, 6.45) is 3.40. The Bertz CT molecular complexity index is 754. The highest BCUT2D eigenvalue weighted by molar-refractivity contribution is 5.85. The van der Waals surface area contributed by atoms with E-state index in [-0.39, 0.29) is 0 Å². The second-order valence-corrected chi connectivity index (χ2v) is 4.25. The lowest BCUT2D eigenvalue weighted by Crippen LogP contribution is -2.11. The standard InChI is InChI=1S/C14H13N5O/c1-9-8-17-14(19-15)18-13(9)20-12-6-2-5-11-10(12)4-3-7-16-11/h2-8H,15H2,1H3,(H,17,18,19). The first-order valence-corrected chi connectivity index (χ1v) is 6.10. The van der Waals surface area contributed by atoms with Crippen molar-refractivity contribution in [2.45, 2.75) is 6.92 Å². The maximum Gasteiger partial charge on any atom is 0.240 e. The van der Waals surface area contributed by atoms with Gasteiger partial charge in [-0.15, -0.1) is 0 Å². The number of nitrogens with zero attached hydrogens (tertiary/aromatic N) is 3. The predicted octanol–water partition coefficient (Wildman–Crippen LogP) is 2.41. The Kier molecular flexibility index (Phi) is 3.14. The van der Waals surface area contributed by atoms with Crippen LogP contribution in [-0.4, -0.2) is 15.0 Å². The number of hydrogen-bond donors (Lipinski definition) is 2. The zero-order valence-electron chi connectivity index (χ0n) is 10.9. The van der Waals surface area contributed by atoms with Crippen molar-refractivity contribution in [1.82, 2.24) is 15.0 Å². The molecule has 0 saturated carbocycles. The summed E-state index contributed by atoms with van der Waals surface area (Å²) in [6.45, 7) is 1.87. The summed E-state index contributed by atoms with van der Waals surface area (Å²) in [5, 5.41) is 0.926. The Morgan fingerprint density at radius 2 is 2.05 bits per heavy atom. The molecule has 3 rings (SSSR count). The topological polar surface area (TPSA) is 86.0 Å². The number of aromatic nitrogens is 3. The van der Waals surface area contributed by atoms with Crippen molar-refractivity contribution in [1.29, 1.82) is 0 Å². The van der Waals surface area contributed by atoms with Gasteiger partial charge in [0, 0.05) is 23.3 Å². The minimum absolute atomic E-state index is 0.309. The number of benzene rings is 1. The van der Waals surface area contributed by atoms with Crippen LogP contribution in [0, 0.1) is 6.92 Å². The van der Waals surface area contributed by atoms with Crippen LogP contribution in [0.5, 0.6) is 11.6 Å². The minimum Gasteiger partial charge on any atom is -0.438 e. The fraction of sp³-hybridized carbons (Fsp3) is 0.0714. The second kappa shape index (κ2) is 5.10. The van der Waals surface area contributed by atoms with E-state index in [1.165, 1.54) is 0 Å². The zero-order valence-corrected chi connectivity index (χ0v) is 10.9. The fourth-order valence-corrected chi connectivity index (χ4v) is 1.87. The molecule has 0 amide bonds. The first-order valence-electron chi connectivity index (χ1n) is 6.10. The molecule has 6 heteroatoms. The first-order chi connectivity index (χ1) is 9.78. The van der Waals surface area contributed by atoms with Gasteiger partial charge in [-0.25, -0.2) is 10.8 Å². The van der Waals surface area contributed by atoms with Crippen LogP contribution in [0.1, 0.15) is 5.56 Å². The van der Waals surface area contributed by atoms with Crippen molar-refractivity contribution in [3.63, 3.8) is 0 Å². The van der Waals surface area contributed by atoms with Gasteiger partial charge in [0.25, 0.3) is 0 Å². The molecule has 6 nitrogen and oxygen atoms in total. The number of anilines is 1. The number of nitrogens with two attached hydrogens (primary N) is 1. The van der Waals surface area contributed by atoms with Crippen molar-refractivity contribution in [2.24, 2.45) is 5.84 Å². The average Bonchev–Trinajstić information content (AvgIpc) is 2.50. The quantitative estimate of drug-likeness (QED) is 0.560. The van der Waals surface area contributed by atoms with Crippen LogP contribution in [0.25, 0.3) is 10.9 Å². The number of rotatable bonds is 3. The Hall–Kier alpha value is -2.73. The number of aryl methyl sites for hydroxylation is 1. The highest BCUT2D eigenvalue weighted by Crippen LogP contribution is 2.29. The van der Waals surface area contributed by atoms with Gasteiger partial charge in [0.1, 0.15) is 5.75 Å². The van der Waals surface area contributed by atoms with Crippen molar-refractivity contribution < 1.29 is 4.74 Å². The summed E-state index contributed by atoms with van der Waals surface area (Å²) in [6, 6.07) is 9.53. The maximum absolute atomic E-state index is 5.88. The molecule has 0 fully saturated rings. The Morgan fingerprint density at radius 1 is 1.15 bits per heavy atom. The third-order valence-electron chi connectivity index (χ3n) is 2.87. The molecule has 0 saturated heterocycles. The lowest BCUT2D eigenvalue weighted by Gasteiger charge is -2.10. The van der Waals surface area contributed by atoms with Crippen molar-refractivity contribution in [2.75, 3.05) is 5.43 Å². The van der Waals surface area contributed by atoms with E-state index in [2.05, 4.69) is 20.4 Å². The van der Waals surface area contributed by atoms with E-state index in [9.17, 15) is 0 Å². The predicted molar refractivity (Wildman–Crippen MR) is 76.4 cm³/mol. The Morgan fingerprint density at radius 3 is 2.90 bits per heavy atom. The van der Waals surface area contributed by atoms with Gasteiger partial charge in [-0.1, -0.05) is 6.07 Å². The molecule has 2 aromatic heterocycles. The number of pyridine rings is 1. The third kappa shape index (κ3) is 2.24. The van der Waals surface area contributed by atoms with Crippen LogP contribution in [-0.2, 0) is 0 Å². The number of nitrogen functional groups attached to an aromatic ring is 1. The molecule has 1 aromatic carbocycles. The van der Waals surface area contributed by atoms with E-state index >= 15 is 0 Å². The summed E-state index contributed by atoms with van der Waals surface area (Å²) in [4.78, 5) is 12.5. The van der Waals surface area contributed by atoms with Gasteiger partial charge in [0.2, 0.25) is 11.8 Å². The molecule has 0 aliphatic rings. The molecule has 3 aromatic rings. The van der Waals surface area contributed by atoms with Crippen LogP contribution >= 0.6 is 0 Å². The van der Waals surface area contributed by atoms with Crippen LogP contribution in [0.2, 0.25) is 0 Å². The van der Waals surface area contributed by atoms with Gasteiger partial charge < -0.3 is 4.74 Å². The Labute approximate surface area is 115 Å². The monoisotopic (exact) mass is 267 g/mol. The molecule has 0 aliphatic heterocycles. The number of fused-ring (bicyclic) bond motifs is 1. The largest absolute Gasteiger partial charge is 0.438 e. The average molecular weight is 267 g/mol. The maximum atomic E-state index is 5.88. The molecule has 0 unspecified atom stereocenters. The third-order valence-corrected chi connectivity index (χ3v) is 2.87. The van der Waals surface area contributed by atoms with Gasteiger partial charge in [0.05, 0.1) is 5.52 Å². The van der Waals surface area contributed by atoms with Crippen molar-refractivity contribution >= 4 is 16.9 Å². The van der Waals surface area contributed by atoms with Crippen molar-refractivity contribution in [3.8, 4) is 11.6 Å². The molecule has 0 bridgehead atoms. The molecular formula is C14H13N5O. The van der Waals surface area contributed by atoms with E-state index < -0.39 is 0 Å². The zero-order chi connectivity index (χ0) is 13.9. The van der Waals surface area contributed by atoms with Gasteiger partial charge in [-0.2, -0.15) is 4.98 Å². The lowest BCUT2D eigenvalue weighted by atomic mass is 10.2. The van der Waals surface area contributed by atoms with Gasteiger partial charge >= 0.3 is 0 Å². The number of hydrazine groups is 1. The van der Waals surface area contributed by atoms with E-state index in [0.717, 1.165) is 16.5 Å². The van der Waals surface area contributed by atoms with Gasteiger partial charge in [0.15, 0.2) is 0 Å². The molecule has 20 heavy (non-hydrogen) atoms. The first kappa shape index (κ1) is 12.3. The molecule has 0 aliphatic carbocycles. The number of hydrogen-bond acceptors (Lipinski definition) is 6. The van der Waals surface area contributed by atoms with Crippen LogP contribution in [0.4, 0.5) is 5.95 Å². The van der Waals surface area contributed by atoms with Crippen LogP contribution < -0.4 is 16.0 Å². The van der Waals surface area contributed by atoms with Gasteiger partial charge in [-0.3, -0.25) is 10.4 Å². The normalized spacial score (nSPS) is 10.5. The minimum atomic E-state index is 0.309. The number of nitrogens with one attached hydrogen (secondary N) is 1.